The van der Waals surface area contributed by atoms with Crippen molar-refractivity contribution in [2.24, 2.45) is 0 Å². The number of aromatic nitrogens is 3. The summed E-state index contributed by atoms with van der Waals surface area (Å²) in [4.78, 5) is 16.6. The van der Waals surface area contributed by atoms with E-state index in [1.807, 2.05) is 13.8 Å². The van der Waals surface area contributed by atoms with Crippen LogP contribution in [0.5, 0.6) is 10.9 Å². The van der Waals surface area contributed by atoms with Crippen molar-refractivity contribution in [1.82, 2.24) is 15.2 Å². The molecule has 0 fully saturated rings. The number of aryl methyl sites for hydroxylation is 2. The highest BCUT2D eigenvalue weighted by atomic mass is 32.1. The predicted octanol–water partition coefficient (Wildman–Crippen LogP) is 3.77. The zero-order valence-corrected chi connectivity index (χ0v) is 13.4. The Morgan fingerprint density at radius 2 is 2.00 bits per heavy atom. The first-order valence-corrected chi connectivity index (χ1v) is 7.94. The van der Waals surface area contributed by atoms with Gasteiger partial charge in [-0.3, -0.25) is 0 Å². The predicted molar refractivity (Wildman–Crippen MR) is 84.0 cm³/mol. The highest BCUT2D eigenvalue weighted by Gasteiger charge is 2.13. The lowest BCUT2D eigenvalue weighted by Crippen LogP contribution is -1.97. The lowest BCUT2D eigenvalue weighted by Gasteiger charge is -2.05. The molecular weight excluding hydrogens is 322 g/mol. The number of hydrogen-bond donors (Lipinski definition) is 1. The molecule has 1 N–H and O–H groups in total. The second kappa shape index (κ2) is 5.82. The average molecular weight is 333 g/mol. The Morgan fingerprint density at radius 3 is 2.59 bits per heavy atom. The summed E-state index contributed by atoms with van der Waals surface area (Å²) in [5, 5.41) is 18.9. The van der Waals surface area contributed by atoms with E-state index in [-0.39, 0.29) is 5.56 Å². The summed E-state index contributed by atoms with van der Waals surface area (Å²) in [5.41, 5.74) is 0.843. The number of thiazole rings is 1. The van der Waals surface area contributed by atoms with Crippen LogP contribution in [0.2, 0.25) is 0 Å². The van der Waals surface area contributed by atoms with E-state index in [4.69, 9.17) is 4.74 Å². The lowest BCUT2D eigenvalue weighted by molar-refractivity contribution is 0.0696. The Hall–Kier alpha value is -2.32. The van der Waals surface area contributed by atoms with E-state index in [1.165, 1.54) is 28.7 Å². The molecule has 3 rings (SSSR count). The summed E-state index contributed by atoms with van der Waals surface area (Å²) in [6.45, 7) is 3.77. The average Bonchev–Trinajstić information content (AvgIpc) is 3.07. The maximum Gasteiger partial charge on any atom is 0.335 e. The number of nitrogens with zero attached hydrogens (tertiary/aromatic N) is 3. The minimum absolute atomic E-state index is 0.140. The van der Waals surface area contributed by atoms with Crippen molar-refractivity contribution in [2.75, 3.05) is 0 Å². The van der Waals surface area contributed by atoms with Crippen LogP contribution in [-0.2, 0) is 0 Å². The Balaban J connectivity index is 2.02. The minimum atomic E-state index is -1.02. The Labute approximate surface area is 134 Å². The molecule has 0 atom stereocenters. The largest absolute Gasteiger partial charge is 0.478 e. The summed E-state index contributed by atoms with van der Waals surface area (Å²) < 4.78 is 5.62. The molecule has 0 spiro atoms. The number of carboxylic acids is 1. The highest BCUT2D eigenvalue weighted by Crippen LogP contribution is 2.32. The van der Waals surface area contributed by atoms with Gasteiger partial charge >= 0.3 is 5.97 Å². The van der Waals surface area contributed by atoms with Gasteiger partial charge in [0.15, 0.2) is 0 Å². The topological polar surface area (TPSA) is 85.2 Å². The van der Waals surface area contributed by atoms with E-state index >= 15 is 0 Å². The van der Waals surface area contributed by atoms with Gasteiger partial charge in [0.2, 0.25) is 0 Å². The third-order valence-corrected chi connectivity index (χ3v) is 4.41. The number of carboxylic acid groups (broad SMARTS) is 1. The maximum atomic E-state index is 11.3. The molecular formula is C14H11N3O3S2. The van der Waals surface area contributed by atoms with Gasteiger partial charge in [0, 0.05) is 16.6 Å². The fourth-order valence-electron chi connectivity index (χ4n) is 1.81. The molecule has 1 aromatic carbocycles. The van der Waals surface area contributed by atoms with Crippen molar-refractivity contribution in [1.29, 1.82) is 0 Å². The fourth-order valence-corrected chi connectivity index (χ4v) is 3.12. The zero-order valence-electron chi connectivity index (χ0n) is 11.7. The van der Waals surface area contributed by atoms with Gasteiger partial charge in [-0.25, -0.2) is 9.78 Å². The highest BCUT2D eigenvalue weighted by molar-refractivity contribution is 7.15. The van der Waals surface area contributed by atoms with Crippen molar-refractivity contribution in [3.8, 4) is 21.5 Å². The molecule has 0 aliphatic carbocycles. The summed E-state index contributed by atoms with van der Waals surface area (Å²) in [7, 11) is 0. The molecule has 0 unspecified atom stereocenters. The van der Waals surface area contributed by atoms with E-state index in [9.17, 15) is 9.90 Å². The van der Waals surface area contributed by atoms with E-state index < -0.39 is 5.97 Å². The number of hydrogen-bond acceptors (Lipinski definition) is 7. The van der Waals surface area contributed by atoms with Crippen LogP contribution in [0, 0.1) is 13.8 Å². The van der Waals surface area contributed by atoms with Gasteiger partial charge in [0.05, 0.1) is 5.56 Å². The monoisotopic (exact) mass is 333 g/mol. The molecule has 6 nitrogen and oxygen atoms in total. The molecule has 0 amide bonds. The molecule has 112 valence electrons. The van der Waals surface area contributed by atoms with Gasteiger partial charge < -0.3 is 9.84 Å². The minimum Gasteiger partial charge on any atom is -0.478 e. The van der Waals surface area contributed by atoms with Crippen LogP contribution in [-0.4, -0.2) is 26.3 Å². The Bertz CT molecular complexity index is 841. The maximum absolute atomic E-state index is 11.3. The number of benzene rings is 1. The second-order valence-corrected chi connectivity index (χ2v) is 6.90. The van der Waals surface area contributed by atoms with Crippen LogP contribution in [0.3, 0.4) is 0 Å². The first-order chi connectivity index (χ1) is 10.5. The van der Waals surface area contributed by atoms with Crippen molar-refractivity contribution < 1.29 is 14.6 Å². The van der Waals surface area contributed by atoms with E-state index in [1.54, 1.807) is 18.3 Å². The second-order valence-electron chi connectivity index (χ2n) is 4.52. The number of aromatic carboxylic acids is 1. The smallest absolute Gasteiger partial charge is 0.335 e. The SMILES string of the molecule is Cc1cnc(-c2cc(Oc3nnc(C)s3)cc(C(=O)O)c2)s1. The molecule has 0 radical (unpaired) electrons. The molecule has 0 aliphatic rings. The molecule has 0 saturated carbocycles. The fraction of sp³-hybridized carbons (Fsp3) is 0.143. The van der Waals surface area contributed by atoms with Gasteiger partial charge in [0.1, 0.15) is 15.8 Å². The van der Waals surface area contributed by atoms with Crippen LogP contribution in [0.4, 0.5) is 0 Å². The molecule has 2 heterocycles. The van der Waals surface area contributed by atoms with Gasteiger partial charge in [-0.2, -0.15) is 0 Å². The van der Waals surface area contributed by atoms with Crippen molar-refractivity contribution in [3.05, 3.63) is 39.8 Å². The third kappa shape index (κ3) is 3.12. The van der Waals surface area contributed by atoms with E-state index in [0.717, 1.165) is 14.9 Å². The van der Waals surface area contributed by atoms with Gasteiger partial charge in [-0.15, -0.1) is 16.4 Å². The van der Waals surface area contributed by atoms with Crippen LogP contribution >= 0.6 is 22.7 Å². The number of rotatable bonds is 4. The summed E-state index contributed by atoms with van der Waals surface area (Å²) >= 11 is 2.79. The van der Waals surface area contributed by atoms with Crippen LogP contribution < -0.4 is 4.74 Å². The molecule has 0 saturated heterocycles. The van der Waals surface area contributed by atoms with Crippen LogP contribution in [0.25, 0.3) is 10.6 Å². The Kier molecular flexibility index (Phi) is 3.86. The summed E-state index contributed by atoms with van der Waals surface area (Å²) in [5.74, 6) is -0.618. The quantitative estimate of drug-likeness (QED) is 0.782. The van der Waals surface area contributed by atoms with Gasteiger partial charge in [0.25, 0.3) is 5.19 Å². The van der Waals surface area contributed by atoms with Gasteiger partial charge in [-0.05, 0) is 32.0 Å². The third-order valence-electron chi connectivity index (χ3n) is 2.73. The standard InChI is InChI=1S/C14H11N3O3S2/c1-7-6-15-12(21-7)9-3-10(13(18)19)5-11(4-9)20-14-17-16-8(2)22-14/h3-6H,1-2H3,(H,18,19). The molecule has 0 bridgehead atoms. The van der Waals surface area contributed by atoms with Crippen LogP contribution in [0.1, 0.15) is 20.2 Å². The molecule has 0 aliphatic heterocycles. The van der Waals surface area contributed by atoms with Crippen LogP contribution in [0.15, 0.2) is 24.4 Å². The first-order valence-electron chi connectivity index (χ1n) is 6.30. The Morgan fingerprint density at radius 1 is 1.18 bits per heavy atom. The molecule has 3 aromatic rings. The van der Waals surface area contributed by atoms with Crippen molar-refractivity contribution in [3.63, 3.8) is 0 Å². The van der Waals surface area contributed by atoms with E-state index in [0.29, 0.717) is 16.5 Å². The van der Waals surface area contributed by atoms with Crippen molar-refractivity contribution in [2.45, 2.75) is 13.8 Å². The first kappa shape index (κ1) is 14.6. The molecule has 2 aromatic heterocycles. The zero-order chi connectivity index (χ0) is 15.7. The normalized spacial score (nSPS) is 10.6. The number of ether oxygens (including phenoxy) is 1. The molecule has 22 heavy (non-hydrogen) atoms. The van der Waals surface area contributed by atoms with E-state index in [2.05, 4.69) is 15.2 Å². The summed E-state index contributed by atoms with van der Waals surface area (Å²) in [6, 6.07) is 4.79. The van der Waals surface area contributed by atoms with Crippen molar-refractivity contribution >= 4 is 28.6 Å². The lowest BCUT2D eigenvalue weighted by atomic mass is 10.1. The number of carbonyl (C=O) groups is 1. The van der Waals surface area contributed by atoms with Gasteiger partial charge in [-0.1, -0.05) is 16.4 Å². The summed E-state index contributed by atoms with van der Waals surface area (Å²) in [6.07, 6.45) is 1.75. The molecule has 8 heteroatoms.